The Balaban J connectivity index is 2.49. The van der Waals surface area contributed by atoms with E-state index in [1.807, 2.05) is 12.1 Å². The van der Waals surface area contributed by atoms with Gasteiger partial charge in [-0.05, 0) is 24.5 Å². The number of hydrogen-bond donors (Lipinski definition) is 0. The van der Waals surface area contributed by atoms with Crippen LogP contribution in [0.25, 0.3) is 0 Å². The molecule has 0 N–H and O–H groups in total. The van der Waals surface area contributed by atoms with Gasteiger partial charge in [-0.3, -0.25) is 0 Å². The van der Waals surface area contributed by atoms with Crippen molar-refractivity contribution in [3.05, 3.63) is 24.3 Å². The average Bonchev–Trinajstić information content (AvgIpc) is 2.79. The lowest BCUT2D eigenvalue weighted by Crippen LogP contribution is -2.35. The third-order valence-corrected chi connectivity index (χ3v) is 6.50. The minimum atomic E-state index is -3.42. The van der Waals surface area contributed by atoms with Gasteiger partial charge in [0.1, 0.15) is 4.90 Å². The summed E-state index contributed by atoms with van der Waals surface area (Å²) in [5, 5.41) is 0.852. The second-order valence-corrected chi connectivity index (χ2v) is 8.20. The van der Waals surface area contributed by atoms with E-state index in [0.717, 1.165) is 24.0 Å². The lowest BCUT2D eigenvalue weighted by atomic mass is 10.1. The van der Waals surface area contributed by atoms with E-state index in [4.69, 9.17) is 0 Å². The molecule has 2 unspecified atom stereocenters. The van der Waals surface area contributed by atoms with Gasteiger partial charge in [0.2, 0.25) is 10.0 Å². The zero-order chi connectivity index (χ0) is 14.9. The van der Waals surface area contributed by atoms with E-state index in [-0.39, 0.29) is 0 Å². The Labute approximate surface area is 129 Å². The zero-order valence-corrected chi connectivity index (χ0v) is 14.5. The van der Waals surface area contributed by atoms with Gasteiger partial charge in [0.15, 0.2) is 0 Å². The highest BCUT2D eigenvalue weighted by Crippen LogP contribution is 2.35. The molecule has 0 aromatic heterocycles. The van der Waals surface area contributed by atoms with Crippen LogP contribution in [0, 0.1) is 5.92 Å². The number of nitrogens with zero attached hydrogens (tertiary/aromatic N) is 2. The van der Waals surface area contributed by atoms with E-state index in [1.165, 1.54) is 4.31 Å². The summed E-state index contributed by atoms with van der Waals surface area (Å²) in [5.74, 6) is 0.560. The minimum Gasteiger partial charge on any atom is -0.366 e. The van der Waals surface area contributed by atoms with Crippen LogP contribution in [0.15, 0.2) is 29.2 Å². The molecule has 1 fully saturated rings. The van der Waals surface area contributed by atoms with Crippen LogP contribution >= 0.6 is 15.9 Å². The minimum absolute atomic E-state index is 0.341. The predicted octanol–water partition coefficient (Wildman–Crippen LogP) is 2.55. The summed E-state index contributed by atoms with van der Waals surface area (Å²) in [7, 11) is -0.277. The van der Waals surface area contributed by atoms with Crippen molar-refractivity contribution in [2.75, 3.05) is 30.9 Å². The maximum absolute atomic E-state index is 12.5. The fourth-order valence-electron chi connectivity index (χ4n) is 2.65. The van der Waals surface area contributed by atoms with E-state index in [1.54, 1.807) is 26.2 Å². The molecular weight excluding hydrogens is 340 g/mol. The van der Waals surface area contributed by atoms with Crippen molar-refractivity contribution < 1.29 is 8.42 Å². The molecule has 0 spiro atoms. The van der Waals surface area contributed by atoms with Crippen LogP contribution in [-0.2, 0) is 10.0 Å². The summed E-state index contributed by atoms with van der Waals surface area (Å²) in [5.41, 5.74) is 0.815. The Bertz CT molecular complexity index is 574. The lowest BCUT2D eigenvalue weighted by molar-refractivity contribution is 0.519. The molecule has 2 atom stereocenters. The maximum Gasteiger partial charge on any atom is 0.244 e. The number of anilines is 1. The smallest absolute Gasteiger partial charge is 0.244 e. The van der Waals surface area contributed by atoms with Crippen LogP contribution in [0.4, 0.5) is 5.69 Å². The largest absolute Gasteiger partial charge is 0.366 e. The van der Waals surface area contributed by atoms with E-state index < -0.39 is 10.0 Å². The predicted molar refractivity (Wildman–Crippen MR) is 86.0 cm³/mol. The topological polar surface area (TPSA) is 40.6 Å². The molecule has 1 heterocycles. The number of halogens is 1. The molecule has 0 radical (unpaired) electrons. The molecule has 1 aliphatic rings. The monoisotopic (exact) mass is 360 g/mol. The van der Waals surface area contributed by atoms with Crippen molar-refractivity contribution in [2.24, 2.45) is 5.92 Å². The van der Waals surface area contributed by atoms with E-state index in [2.05, 4.69) is 27.8 Å². The number of benzene rings is 1. The molecule has 0 saturated carbocycles. The van der Waals surface area contributed by atoms with Crippen molar-refractivity contribution in [1.82, 2.24) is 4.31 Å². The third-order valence-electron chi connectivity index (χ3n) is 3.97. The van der Waals surface area contributed by atoms with Gasteiger partial charge >= 0.3 is 0 Å². The van der Waals surface area contributed by atoms with Crippen LogP contribution in [0.5, 0.6) is 0 Å². The molecule has 20 heavy (non-hydrogen) atoms. The van der Waals surface area contributed by atoms with Crippen LogP contribution in [0.2, 0.25) is 0 Å². The van der Waals surface area contributed by atoms with Crippen molar-refractivity contribution >= 4 is 31.6 Å². The van der Waals surface area contributed by atoms with E-state index >= 15 is 0 Å². The van der Waals surface area contributed by atoms with Gasteiger partial charge in [-0.15, -0.1) is 0 Å². The highest BCUT2D eigenvalue weighted by atomic mass is 79.9. The number of hydrogen-bond acceptors (Lipinski definition) is 3. The Hall–Kier alpha value is -0.590. The van der Waals surface area contributed by atoms with Gasteiger partial charge in [-0.2, -0.15) is 0 Å². The highest BCUT2D eigenvalue weighted by Gasteiger charge is 2.33. The van der Waals surface area contributed by atoms with Crippen molar-refractivity contribution in [3.63, 3.8) is 0 Å². The highest BCUT2D eigenvalue weighted by molar-refractivity contribution is 9.09. The maximum atomic E-state index is 12.5. The number of alkyl halides is 1. The molecule has 2 rings (SSSR count). The third kappa shape index (κ3) is 2.73. The quantitative estimate of drug-likeness (QED) is 0.774. The van der Waals surface area contributed by atoms with Gasteiger partial charge in [-0.1, -0.05) is 35.0 Å². The van der Waals surface area contributed by atoms with Crippen LogP contribution in [0.3, 0.4) is 0 Å². The van der Waals surface area contributed by atoms with E-state index in [9.17, 15) is 8.42 Å². The normalized spacial score (nSPS) is 23.6. The average molecular weight is 361 g/mol. The van der Waals surface area contributed by atoms with Gasteiger partial charge in [0.25, 0.3) is 0 Å². The first-order valence-corrected chi connectivity index (χ1v) is 9.30. The Morgan fingerprint density at radius 3 is 2.60 bits per heavy atom. The molecule has 6 heteroatoms. The number of para-hydroxylation sites is 1. The zero-order valence-electron chi connectivity index (χ0n) is 12.1. The molecule has 1 saturated heterocycles. The van der Waals surface area contributed by atoms with Crippen molar-refractivity contribution in [1.29, 1.82) is 0 Å². The van der Waals surface area contributed by atoms with Crippen LogP contribution in [-0.4, -0.2) is 44.7 Å². The fraction of sp³-hybridized carbons (Fsp3) is 0.571. The molecule has 0 aliphatic carbocycles. The Morgan fingerprint density at radius 1 is 1.35 bits per heavy atom. The summed E-state index contributed by atoms with van der Waals surface area (Å²) >= 11 is 3.56. The van der Waals surface area contributed by atoms with Gasteiger partial charge in [0, 0.05) is 32.0 Å². The summed E-state index contributed by atoms with van der Waals surface area (Å²) in [6, 6.07) is 7.62. The molecular formula is C14H21BrN2O2S. The van der Waals surface area contributed by atoms with Crippen LogP contribution < -0.4 is 4.90 Å². The molecule has 1 aromatic rings. The second-order valence-electron chi connectivity index (χ2n) is 5.44. The van der Waals surface area contributed by atoms with Gasteiger partial charge in [-0.25, -0.2) is 12.7 Å². The van der Waals surface area contributed by atoms with Crippen molar-refractivity contribution in [2.45, 2.75) is 24.3 Å². The van der Waals surface area contributed by atoms with Gasteiger partial charge in [0.05, 0.1) is 5.69 Å². The lowest BCUT2D eigenvalue weighted by Gasteiger charge is -2.29. The summed E-state index contributed by atoms with van der Waals surface area (Å²) in [6.45, 7) is 3.12. The summed E-state index contributed by atoms with van der Waals surface area (Å²) in [6.07, 6.45) is 1.09. The number of rotatable bonds is 4. The molecule has 1 aliphatic heterocycles. The summed E-state index contributed by atoms with van der Waals surface area (Å²) < 4.78 is 26.2. The Kier molecular flexibility index (Phi) is 4.76. The molecule has 0 bridgehead atoms. The molecule has 112 valence electrons. The SMILES string of the molecule is CC1CCN(c2ccccc2S(=O)(=O)N(C)C)C1CBr. The first kappa shape index (κ1) is 15.8. The number of sulfonamides is 1. The van der Waals surface area contributed by atoms with Crippen LogP contribution in [0.1, 0.15) is 13.3 Å². The van der Waals surface area contributed by atoms with Crippen molar-refractivity contribution in [3.8, 4) is 0 Å². The summed E-state index contributed by atoms with van der Waals surface area (Å²) in [4.78, 5) is 2.61. The standard InChI is InChI=1S/C14H21BrN2O2S/c1-11-8-9-17(13(11)10-15)12-6-4-5-7-14(12)20(18,19)16(2)3/h4-7,11,13H,8-10H2,1-3H3. The molecule has 1 aromatic carbocycles. The second kappa shape index (κ2) is 6.03. The first-order valence-electron chi connectivity index (χ1n) is 6.73. The first-order chi connectivity index (χ1) is 9.39. The fourth-order valence-corrected chi connectivity index (χ4v) is 4.73. The molecule has 0 amide bonds. The molecule has 4 nitrogen and oxygen atoms in total. The Morgan fingerprint density at radius 2 is 2.00 bits per heavy atom. The van der Waals surface area contributed by atoms with Gasteiger partial charge < -0.3 is 4.90 Å². The van der Waals surface area contributed by atoms with E-state index in [0.29, 0.717) is 16.9 Å².